The Hall–Kier alpha value is -7.99. The maximum atomic E-state index is 13.2. The molecule has 6 aromatic rings. The highest BCUT2D eigenvalue weighted by Gasteiger charge is 2.39. The third kappa shape index (κ3) is 9.40. The Labute approximate surface area is 358 Å². The Bertz CT molecular complexity index is 2530. The van der Waals surface area contributed by atoms with Crippen LogP contribution in [-0.4, -0.2) is 38.6 Å². The molecule has 0 bridgehead atoms. The molecule has 0 N–H and O–H groups in total. The molecule has 2 aliphatic heterocycles. The third-order valence-electron chi connectivity index (χ3n) is 10.3. The molecule has 1 aromatic heterocycles. The number of rotatable bonds is 16. The van der Waals surface area contributed by atoms with Gasteiger partial charge in [0.15, 0.2) is 0 Å². The number of imide groups is 2. The number of nitrogens with zero attached hydrogens (tertiary/aromatic N) is 5. The van der Waals surface area contributed by atoms with E-state index >= 15 is 0 Å². The Morgan fingerprint density at radius 3 is 1.35 bits per heavy atom. The summed E-state index contributed by atoms with van der Waals surface area (Å²) in [7, 11) is 0. The lowest BCUT2D eigenvalue weighted by molar-refractivity contribution is -0.123. The van der Waals surface area contributed by atoms with Crippen molar-refractivity contribution in [2.45, 2.75) is 32.1 Å². The van der Waals surface area contributed by atoms with Gasteiger partial charge in [-0.05, 0) is 67.3 Å². The van der Waals surface area contributed by atoms with Gasteiger partial charge in [0, 0.05) is 24.0 Å². The van der Waals surface area contributed by atoms with Gasteiger partial charge < -0.3 is 14.2 Å². The van der Waals surface area contributed by atoms with Crippen LogP contribution in [0, 0.1) is 11.8 Å². The molecule has 2 aliphatic rings. The number of hydrogen-bond donors (Lipinski definition) is 0. The van der Waals surface area contributed by atoms with Crippen LogP contribution in [0.1, 0.15) is 42.4 Å². The molecule has 0 spiro atoms. The molecule has 12 nitrogen and oxygen atoms in total. The number of amides is 4. The average Bonchev–Trinajstić information content (AvgIpc) is 3.73. The van der Waals surface area contributed by atoms with E-state index in [1.165, 1.54) is 9.80 Å². The lowest BCUT2D eigenvalue weighted by Gasteiger charge is -2.14. The van der Waals surface area contributed by atoms with E-state index in [4.69, 9.17) is 14.2 Å². The molecule has 308 valence electrons. The van der Waals surface area contributed by atoms with Gasteiger partial charge in [0.2, 0.25) is 23.6 Å². The predicted octanol–water partition coefficient (Wildman–Crippen LogP) is 9.94. The van der Waals surface area contributed by atoms with Gasteiger partial charge in [0.25, 0.3) is 0 Å². The van der Waals surface area contributed by atoms with Crippen molar-refractivity contribution in [1.82, 2.24) is 15.0 Å². The number of carbonyl (C=O) groups is 4. The summed E-state index contributed by atoms with van der Waals surface area (Å²) >= 11 is 0. The van der Waals surface area contributed by atoms with Crippen molar-refractivity contribution in [2.24, 2.45) is 11.8 Å². The van der Waals surface area contributed by atoms with Gasteiger partial charge in [-0.25, -0.2) is 0 Å². The first-order valence-corrected chi connectivity index (χ1v) is 20.2. The van der Waals surface area contributed by atoms with Gasteiger partial charge in [-0.2, -0.15) is 0 Å². The van der Waals surface area contributed by atoms with E-state index in [9.17, 15) is 19.2 Å². The highest BCUT2D eigenvalue weighted by Crippen LogP contribution is 2.34. The Morgan fingerprint density at radius 1 is 0.516 bits per heavy atom. The van der Waals surface area contributed by atoms with Crippen LogP contribution >= 0.6 is 0 Å². The molecular formula is C50H41N5O7. The lowest BCUT2D eigenvalue weighted by atomic mass is 10.0. The normalized spacial score (nSPS) is 16.5. The number of hydrogen-bond acceptors (Lipinski definition) is 10. The van der Waals surface area contributed by atoms with Crippen molar-refractivity contribution in [3.05, 3.63) is 175 Å². The first kappa shape index (κ1) is 40.8. The zero-order valence-electron chi connectivity index (χ0n) is 33.6. The van der Waals surface area contributed by atoms with E-state index in [0.717, 1.165) is 5.56 Å². The van der Waals surface area contributed by atoms with Gasteiger partial charge >= 0.3 is 18.0 Å². The van der Waals surface area contributed by atoms with E-state index in [1.807, 2.05) is 91.0 Å². The zero-order chi connectivity index (χ0) is 42.8. The lowest BCUT2D eigenvalue weighted by Crippen LogP contribution is -2.30. The fourth-order valence-electron chi connectivity index (χ4n) is 7.28. The smallest absolute Gasteiger partial charge is 0.331 e. The van der Waals surface area contributed by atoms with Gasteiger partial charge in [-0.15, -0.1) is 21.5 Å². The second kappa shape index (κ2) is 18.9. The number of anilines is 2. The van der Waals surface area contributed by atoms with Crippen LogP contribution in [0.15, 0.2) is 158 Å². The topological polar surface area (TPSA) is 141 Å². The van der Waals surface area contributed by atoms with Gasteiger partial charge in [0.1, 0.15) is 17.2 Å². The van der Waals surface area contributed by atoms with Crippen LogP contribution in [0.3, 0.4) is 0 Å². The Balaban J connectivity index is 1.02. The summed E-state index contributed by atoms with van der Waals surface area (Å²) in [6.45, 7) is 3.86. The highest BCUT2D eigenvalue weighted by molar-refractivity contribution is 6.21. The van der Waals surface area contributed by atoms with E-state index in [0.29, 0.717) is 59.0 Å². The summed E-state index contributed by atoms with van der Waals surface area (Å²) in [4.78, 5) is 68.1. The van der Waals surface area contributed by atoms with Crippen LogP contribution in [0.5, 0.6) is 35.3 Å². The quantitative estimate of drug-likeness (QED) is 0.0684. The first-order valence-electron chi connectivity index (χ1n) is 20.2. The van der Waals surface area contributed by atoms with Gasteiger partial charge in [0.05, 0.1) is 23.2 Å². The summed E-state index contributed by atoms with van der Waals surface area (Å²) in [5.74, 6) is -0.570. The predicted molar refractivity (Wildman–Crippen MR) is 235 cm³/mol. The summed E-state index contributed by atoms with van der Waals surface area (Å²) < 4.78 is 18.8. The number of carbonyl (C=O) groups excluding carboxylic acids is 4. The molecule has 4 amide bonds. The number of benzene rings is 5. The molecular weight excluding hydrogens is 783 g/mol. The second-order valence-electron chi connectivity index (χ2n) is 14.5. The standard InChI is InChI=1S/C50H41N5O7/c1-2-17-34-18-9-12-29-41(34)60-48-51-49(61-42-30-13-10-19-35(42)21-15-23-37-32-44(56)54(46(37)58)39-25-5-3-6-26-39)53-50(52-48)62-43-31-14-11-20-36(43)22-16-24-38-33-45(57)55(47(38)59)40-27-7-4-8-28-40/h2-16,18-22,25-31,37-38H,1,17,23-24,32-33H2/b21-15+,22-16+. The van der Waals surface area contributed by atoms with Gasteiger partial charge in [-0.3, -0.25) is 29.0 Å². The second-order valence-corrected chi connectivity index (χ2v) is 14.5. The molecule has 2 saturated heterocycles. The molecule has 62 heavy (non-hydrogen) atoms. The molecule has 2 fully saturated rings. The summed E-state index contributed by atoms with van der Waals surface area (Å²) in [6, 6.07) is 39.5. The van der Waals surface area contributed by atoms with Crippen LogP contribution in [-0.2, 0) is 25.6 Å². The third-order valence-corrected chi connectivity index (χ3v) is 10.3. The highest BCUT2D eigenvalue weighted by atomic mass is 16.5. The maximum absolute atomic E-state index is 13.2. The molecule has 5 aromatic carbocycles. The maximum Gasteiger partial charge on any atom is 0.331 e. The minimum atomic E-state index is -0.490. The number of allylic oxidation sites excluding steroid dienone is 3. The minimum Gasteiger partial charge on any atom is -0.424 e. The van der Waals surface area contributed by atoms with Crippen molar-refractivity contribution in [1.29, 1.82) is 0 Å². The average molecular weight is 824 g/mol. The summed E-state index contributed by atoms with van der Waals surface area (Å²) in [5, 5.41) is 0. The largest absolute Gasteiger partial charge is 0.424 e. The number of aromatic nitrogens is 3. The Morgan fingerprint density at radius 2 is 0.903 bits per heavy atom. The van der Waals surface area contributed by atoms with Crippen LogP contribution in [0.25, 0.3) is 12.2 Å². The van der Waals surface area contributed by atoms with E-state index in [1.54, 1.807) is 72.8 Å². The molecule has 3 heterocycles. The molecule has 12 heteroatoms. The number of para-hydroxylation sites is 5. The van der Waals surface area contributed by atoms with Crippen molar-refractivity contribution in [3.8, 4) is 35.3 Å². The molecule has 8 rings (SSSR count). The monoisotopic (exact) mass is 823 g/mol. The summed E-state index contributed by atoms with van der Waals surface area (Å²) in [6.07, 6.45) is 10.6. The van der Waals surface area contributed by atoms with Crippen molar-refractivity contribution >= 4 is 47.2 Å². The molecule has 0 radical (unpaired) electrons. The van der Waals surface area contributed by atoms with Crippen LogP contribution < -0.4 is 24.0 Å². The van der Waals surface area contributed by atoms with Crippen molar-refractivity contribution < 1.29 is 33.4 Å². The van der Waals surface area contributed by atoms with Gasteiger partial charge in [-0.1, -0.05) is 121 Å². The molecule has 0 aliphatic carbocycles. The zero-order valence-corrected chi connectivity index (χ0v) is 33.6. The van der Waals surface area contributed by atoms with Crippen molar-refractivity contribution in [2.75, 3.05) is 9.80 Å². The van der Waals surface area contributed by atoms with Crippen LogP contribution in [0.2, 0.25) is 0 Å². The fraction of sp³-hybridized carbons (Fsp3) is 0.140. The van der Waals surface area contributed by atoms with E-state index in [-0.39, 0.29) is 54.5 Å². The Kier molecular flexibility index (Phi) is 12.5. The molecule has 2 atom stereocenters. The van der Waals surface area contributed by atoms with Crippen LogP contribution in [0.4, 0.5) is 11.4 Å². The minimum absolute atomic E-state index is 0.0812. The number of ether oxygens (including phenoxy) is 3. The summed E-state index contributed by atoms with van der Waals surface area (Å²) in [5.41, 5.74) is 3.34. The van der Waals surface area contributed by atoms with Crippen molar-refractivity contribution in [3.63, 3.8) is 0 Å². The molecule has 2 unspecified atom stereocenters. The molecule has 0 saturated carbocycles. The van der Waals surface area contributed by atoms with E-state index < -0.39 is 11.8 Å². The first-order chi connectivity index (χ1) is 30.3. The van der Waals surface area contributed by atoms with E-state index in [2.05, 4.69) is 21.5 Å². The fourth-order valence-corrected chi connectivity index (χ4v) is 7.28. The SMILES string of the molecule is C=CCc1ccccc1Oc1nc(Oc2ccccc2/C=C/CC2CC(=O)N(c3ccccc3)C2=O)nc(Oc2ccccc2/C=C/CC2CC(=O)N(c3ccccc3)C2=O)n1.